The number of rotatable bonds is 53. The van der Waals surface area contributed by atoms with Gasteiger partial charge in [0.25, 0.3) is 6.29 Å². The summed E-state index contributed by atoms with van der Waals surface area (Å²) in [5, 5.41) is 9.69. The molecule has 418 valence electrons. The maximum absolute atomic E-state index is 12.9. The Bertz CT molecular complexity index is 1520. The number of aliphatic carboxylic acids is 1. The van der Waals surface area contributed by atoms with E-state index >= 15 is 0 Å². The summed E-state index contributed by atoms with van der Waals surface area (Å²) in [5.74, 6) is -2.06. The number of unbranched alkanes of at least 4 members (excludes halogenated alkanes) is 22. The zero-order valence-electron chi connectivity index (χ0n) is 47.5. The Hall–Kier alpha value is -3.79. The van der Waals surface area contributed by atoms with Gasteiger partial charge in [-0.25, -0.2) is 4.79 Å². The molecule has 2 unspecified atom stereocenters. The monoisotopic (exact) mass is 1020 g/mol. The lowest BCUT2D eigenvalue weighted by Gasteiger charge is -2.25. The summed E-state index contributed by atoms with van der Waals surface area (Å²) in [5.41, 5.74) is 0. The van der Waals surface area contributed by atoms with Gasteiger partial charge in [0.1, 0.15) is 13.2 Å². The first-order chi connectivity index (χ1) is 35.6. The van der Waals surface area contributed by atoms with Gasteiger partial charge in [-0.3, -0.25) is 9.59 Å². The van der Waals surface area contributed by atoms with Crippen molar-refractivity contribution in [3.63, 3.8) is 0 Å². The van der Waals surface area contributed by atoms with Crippen molar-refractivity contribution in [2.24, 2.45) is 0 Å². The Morgan fingerprint density at radius 2 is 0.740 bits per heavy atom. The number of allylic oxidation sites excluding steroid dienone is 16. The summed E-state index contributed by atoms with van der Waals surface area (Å²) in [6, 6.07) is 0. The molecule has 0 rings (SSSR count). The fraction of sp³-hybridized carbons (Fsp3) is 0.703. The van der Waals surface area contributed by atoms with Gasteiger partial charge < -0.3 is 28.5 Å². The number of quaternary nitrogens is 1. The summed E-state index contributed by atoms with van der Waals surface area (Å²) in [6.45, 7) is 4.60. The summed E-state index contributed by atoms with van der Waals surface area (Å²) >= 11 is 0. The predicted octanol–water partition coefficient (Wildman–Crippen LogP) is 17.3. The number of nitrogens with zero attached hydrogens (tertiary/aromatic N) is 1. The van der Waals surface area contributed by atoms with Gasteiger partial charge >= 0.3 is 17.9 Å². The Morgan fingerprint density at radius 3 is 1.12 bits per heavy atom. The molecule has 0 aliphatic heterocycles. The molecule has 0 aromatic rings. The molecule has 0 amide bonds. The smallest absolute Gasteiger partial charge is 0.361 e. The summed E-state index contributed by atoms with van der Waals surface area (Å²) in [6.07, 6.45) is 70.8. The number of ether oxygens (including phenoxy) is 4. The molecule has 0 saturated carbocycles. The van der Waals surface area contributed by atoms with E-state index in [2.05, 4.69) is 111 Å². The highest BCUT2D eigenvalue weighted by atomic mass is 16.7. The zero-order valence-corrected chi connectivity index (χ0v) is 47.5. The fourth-order valence-electron chi connectivity index (χ4n) is 7.88. The van der Waals surface area contributed by atoms with Gasteiger partial charge in [0.05, 0.1) is 34.4 Å². The van der Waals surface area contributed by atoms with Crippen LogP contribution in [0.1, 0.15) is 232 Å². The molecule has 0 aliphatic carbocycles. The number of hydrogen-bond acceptors (Lipinski definition) is 7. The van der Waals surface area contributed by atoms with E-state index < -0.39 is 24.3 Å². The van der Waals surface area contributed by atoms with Crippen LogP contribution in [-0.2, 0) is 33.3 Å². The Labute approximate surface area is 448 Å². The van der Waals surface area contributed by atoms with Gasteiger partial charge in [-0.1, -0.05) is 227 Å². The maximum atomic E-state index is 12.9. The van der Waals surface area contributed by atoms with E-state index in [-0.39, 0.29) is 38.6 Å². The van der Waals surface area contributed by atoms with E-state index in [0.29, 0.717) is 23.9 Å². The van der Waals surface area contributed by atoms with Gasteiger partial charge in [-0.05, 0) is 89.9 Å². The SMILES string of the molecule is CC/C=C\C/C=C\C/C=C\C/C=C\CCCCCCCCCCCCCCCCCCCCCCC(=O)OC(COC(=O)CCCC/C=C\C/C=C\C/C=C\C/C=C\CC)COC(OCC[N+](C)(C)C)C(=O)O. The van der Waals surface area contributed by atoms with Crippen LogP contribution in [0.5, 0.6) is 0 Å². The molecule has 9 nitrogen and oxygen atoms in total. The molecule has 0 fully saturated rings. The van der Waals surface area contributed by atoms with Crippen LogP contribution in [0.3, 0.4) is 0 Å². The lowest BCUT2D eigenvalue weighted by atomic mass is 10.0. The molecular weight excluding hydrogens is 911 g/mol. The van der Waals surface area contributed by atoms with Crippen LogP contribution in [0, 0.1) is 0 Å². The lowest BCUT2D eigenvalue weighted by molar-refractivity contribution is -0.870. The number of carbonyl (C=O) groups is 3. The molecule has 0 heterocycles. The van der Waals surface area contributed by atoms with Crippen LogP contribution in [0.4, 0.5) is 0 Å². The third-order valence-electron chi connectivity index (χ3n) is 12.3. The van der Waals surface area contributed by atoms with E-state index in [0.717, 1.165) is 77.0 Å². The molecule has 0 bridgehead atoms. The molecule has 1 N–H and O–H groups in total. The van der Waals surface area contributed by atoms with Crippen molar-refractivity contribution in [3.05, 3.63) is 97.2 Å². The van der Waals surface area contributed by atoms with Gasteiger partial charge in [-0.15, -0.1) is 0 Å². The molecule has 0 saturated heterocycles. The molecule has 0 aromatic carbocycles. The molecule has 2 atom stereocenters. The lowest BCUT2D eigenvalue weighted by Crippen LogP contribution is -2.40. The highest BCUT2D eigenvalue weighted by molar-refractivity contribution is 5.71. The van der Waals surface area contributed by atoms with Crippen molar-refractivity contribution in [2.45, 2.75) is 245 Å². The number of likely N-dealkylation sites (N-methyl/N-ethyl adjacent to an activating group) is 1. The van der Waals surface area contributed by atoms with Crippen LogP contribution in [0.2, 0.25) is 0 Å². The third kappa shape index (κ3) is 55.8. The summed E-state index contributed by atoms with van der Waals surface area (Å²) < 4.78 is 22.8. The minimum atomic E-state index is -1.52. The molecule has 73 heavy (non-hydrogen) atoms. The number of carboxylic acid groups (broad SMARTS) is 1. The van der Waals surface area contributed by atoms with Crippen LogP contribution in [0.15, 0.2) is 97.2 Å². The van der Waals surface area contributed by atoms with Crippen molar-refractivity contribution in [2.75, 3.05) is 47.5 Å². The van der Waals surface area contributed by atoms with Crippen molar-refractivity contribution in [3.8, 4) is 0 Å². The van der Waals surface area contributed by atoms with Gasteiger partial charge in [0.2, 0.25) is 0 Å². The van der Waals surface area contributed by atoms with Crippen molar-refractivity contribution >= 4 is 17.9 Å². The van der Waals surface area contributed by atoms with Crippen LogP contribution in [-0.4, -0.2) is 87.4 Å². The van der Waals surface area contributed by atoms with Crippen molar-refractivity contribution < 1.29 is 42.9 Å². The van der Waals surface area contributed by atoms with Gasteiger partial charge in [0, 0.05) is 12.8 Å². The first kappa shape index (κ1) is 69.2. The summed E-state index contributed by atoms with van der Waals surface area (Å²) in [7, 11) is 5.95. The number of esters is 2. The number of carbonyl (C=O) groups excluding carboxylic acids is 2. The van der Waals surface area contributed by atoms with E-state index in [1.165, 1.54) is 116 Å². The second-order valence-corrected chi connectivity index (χ2v) is 20.5. The first-order valence-corrected chi connectivity index (χ1v) is 29.4. The number of hydrogen-bond donors (Lipinski definition) is 1. The Morgan fingerprint density at radius 1 is 0.411 bits per heavy atom. The van der Waals surface area contributed by atoms with E-state index in [1.807, 2.05) is 21.1 Å². The van der Waals surface area contributed by atoms with E-state index in [9.17, 15) is 19.5 Å². The average Bonchev–Trinajstić information content (AvgIpc) is 3.36. The highest BCUT2D eigenvalue weighted by Crippen LogP contribution is 2.16. The molecule has 0 aliphatic rings. The standard InChI is InChI=1S/C64H109NO8/c1-6-8-10-12-14-16-18-20-22-23-24-25-26-27-28-29-30-31-32-33-34-35-36-37-38-39-41-43-45-47-49-51-53-55-62(67)73-60(59-72-64(63(68)69)70-57-56-65(3,4)5)58-71-61(66)54-52-50-48-46-44-42-40-21-19-17-15-13-11-9-7-2/h8-11,14-17,20-22,24-25,40,44,46,60,64H,6-7,12-13,18-19,23,26-39,41-43,45,47-59H2,1-5H3/p+1/b10-8-,11-9-,16-14-,17-15-,22-20-,25-24-,40-21-,46-44-. The van der Waals surface area contributed by atoms with Crippen LogP contribution in [0.25, 0.3) is 0 Å². The highest BCUT2D eigenvalue weighted by Gasteiger charge is 2.25. The molecule has 9 heteroatoms. The number of carboxylic acids is 1. The second kappa shape index (κ2) is 54.5. The van der Waals surface area contributed by atoms with Crippen molar-refractivity contribution in [1.29, 1.82) is 0 Å². The fourth-order valence-corrected chi connectivity index (χ4v) is 7.88. The van der Waals surface area contributed by atoms with Crippen LogP contribution >= 0.6 is 0 Å². The van der Waals surface area contributed by atoms with Gasteiger partial charge in [0.15, 0.2) is 6.10 Å². The topological polar surface area (TPSA) is 108 Å². The second-order valence-electron chi connectivity index (χ2n) is 20.5. The Balaban J connectivity index is 4.13. The van der Waals surface area contributed by atoms with Crippen molar-refractivity contribution in [1.82, 2.24) is 0 Å². The average molecular weight is 1020 g/mol. The van der Waals surface area contributed by atoms with E-state index in [1.54, 1.807) is 0 Å². The first-order valence-electron chi connectivity index (χ1n) is 29.4. The zero-order chi connectivity index (χ0) is 53.4. The Kier molecular flexibility index (Phi) is 51.6. The quantitative estimate of drug-likeness (QED) is 0.0211. The molecule has 0 radical (unpaired) electrons. The summed E-state index contributed by atoms with van der Waals surface area (Å²) in [4.78, 5) is 37.3. The minimum absolute atomic E-state index is 0.178. The maximum Gasteiger partial charge on any atom is 0.361 e. The predicted molar refractivity (Wildman–Crippen MR) is 309 cm³/mol. The van der Waals surface area contributed by atoms with Gasteiger partial charge in [-0.2, -0.15) is 0 Å². The third-order valence-corrected chi connectivity index (χ3v) is 12.3. The van der Waals surface area contributed by atoms with Crippen LogP contribution < -0.4 is 0 Å². The van der Waals surface area contributed by atoms with E-state index in [4.69, 9.17) is 18.9 Å². The molecule has 0 spiro atoms. The molecular formula is C64H110NO8+. The normalized spacial score (nSPS) is 13.5. The minimum Gasteiger partial charge on any atom is -0.477 e. The molecule has 0 aromatic heterocycles. The largest absolute Gasteiger partial charge is 0.477 e.